The fourth-order valence-electron chi connectivity index (χ4n) is 2.82. The van der Waals surface area contributed by atoms with Gasteiger partial charge in [-0.25, -0.2) is 9.37 Å². The van der Waals surface area contributed by atoms with Crippen LogP contribution in [0.5, 0.6) is 0 Å². The Hall–Kier alpha value is -1.21. The van der Waals surface area contributed by atoms with Gasteiger partial charge in [-0.05, 0) is 49.6 Å². The summed E-state index contributed by atoms with van der Waals surface area (Å²) in [5.74, 6) is -0.262. The number of carbonyl (C=O) groups is 1. The Kier molecular flexibility index (Phi) is 7.38. The van der Waals surface area contributed by atoms with Crippen LogP contribution in [0.1, 0.15) is 28.7 Å². The van der Waals surface area contributed by atoms with Crippen molar-refractivity contribution in [3.63, 3.8) is 0 Å². The highest BCUT2D eigenvalue weighted by Gasteiger charge is 2.36. The molecule has 1 aromatic heterocycles. The Morgan fingerprint density at radius 1 is 1.36 bits per heavy atom. The number of hydrogen-bond acceptors (Lipinski definition) is 4. The second-order valence-electron chi connectivity index (χ2n) is 6.43. The molecule has 1 fully saturated rings. The van der Waals surface area contributed by atoms with Crippen molar-refractivity contribution in [1.82, 2.24) is 9.88 Å². The number of carbonyl (C=O) groups excluding carboxylic acids is 1. The molecular weight excluding hydrogens is 384 g/mol. The van der Waals surface area contributed by atoms with Crippen molar-refractivity contribution in [3.8, 4) is 10.6 Å². The summed E-state index contributed by atoms with van der Waals surface area (Å²) in [6, 6.07) is 6.17. The molecule has 0 bridgehead atoms. The number of rotatable bonds is 3. The van der Waals surface area contributed by atoms with Gasteiger partial charge in [-0.3, -0.25) is 4.79 Å². The molecule has 3 rings (SSSR count). The van der Waals surface area contributed by atoms with E-state index in [1.165, 1.54) is 23.5 Å². The first-order chi connectivity index (χ1) is 10.9. The summed E-state index contributed by atoms with van der Waals surface area (Å²) in [6.45, 7) is 5.96. The molecular formula is C17H22Cl2FN3OS. The average Bonchev–Trinajstić information content (AvgIpc) is 3.12. The van der Waals surface area contributed by atoms with E-state index in [9.17, 15) is 9.18 Å². The van der Waals surface area contributed by atoms with Gasteiger partial charge in [0.15, 0.2) is 0 Å². The summed E-state index contributed by atoms with van der Waals surface area (Å²) in [6.07, 6.45) is 0.928. The van der Waals surface area contributed by atoms with Crippen LogP contribution >= 0.6 is 36.2 Å². The van der Waals surface area contributed by atoms with Gasteiger partial charge in [0.2, 0.25) is 0 Å². The molecule has 8 heteroatoms. The van der Waals surface area contributed by atoms with E-state index in [4.69, 9.17) is 5.73 Å². The normalized spacial score (nSPS) is 19.3. The summed E-state index contributed by atoms with van der Waals surface area (Å²) in [7, 11) is 0. The van der Waals surface area contributed by atoms with Crippen molar-refractivity contribution >= 4 is 42.1 Å². The quantitative estimate of drug-likeness (QED) is 0.841. The lowest BCUT2D eigenvalue weighted by Crippen LogP contribution is -2.34. The van der Waals surface area contributed by atoms with Crippen LogP contribution in [0.25, 0.3) is 10.6 Å². The van der Waals surface area contributed by atoms with Gasteiger partial charge >= 0.3 is 0 Å². The summed E-state index contributed by atoms with van der Waals surface area (Å²) in [5, 5.41) is 0.742. The Morgan fingerprint density at radius 2 is 2.00 bits per heavy atom. The molecule has 1 amide bonds. The van der Waals surface area contributed by atoms with Crippen molar-refractivity contribution in [2.45, 2.75) is 20.3 Å². The zero-order valence-corrected chi connectivity index (χ0v) is 16.6. The first-order valence-electron chi connectivity index (χ1n) is 7.64. The molecule has 0 spiro atoms. The van der Waals surface area contributed by atoms with E-state index in [-0.39, 0.29) is 42.0 Å². The van der Waals surface area contributed by atoms with Crippen LogP contribution < -0.4 is 5.73 Å². The van der Waals surface area contributed by atoms with E-state index in [0.717, 1.165) is 29.2 Å². The molecule has 1 aliphatic heterocycles. The number of likely N-dealkylation sites (tertiary alicyclic amines) is 1. The first kappa shape index (κ1) is 21.8. The topological polar surface area (TPSA) is 59.2 Å². The molecule has 138 valence electrons. The monoisotopic (exact) mass is 405 g/mol. The SMILES string of the molecule is Cc1nc(-c2ccc(F)cc2)sc1C(=O)N1CCC(C)(CN)C1.Cl.Cl. The number of amides is 1. The molecule has 1 aliphatic rings. The number of aryl methyl sites for hydroxylation is 1. The zero-order valence-electron chi connectivity index (χ0n) is 14.1. The predicted molar refractivity (Wildman–Crippen MR) is 104 cm³/mol. The minimum atomic E-state index is -0.281. The van der Waals surface area contributed by atoms with Gasteiger partial charge in [-0.2, -0.15) is 0 Å². The van der Waals surface area contributed by atoms with Crippen LogP contribution in [0.2, 0.25) is 0 Å². The Bertz CT molecular complexity index is 738. The van der Waals surface area contributed by atoms with Gasteiger partial charge in [0.25, 0.3) is 5.91 Å². The summed E-state index contributed by atoms with van der Waals surface area (Å²) in [4.78, 5) is 19.8. The van der Waals surface area contributed by atoms with Crippen LogP contribution in [-0.4, -0.2) is 35.4 Å². The van der Waals surface area contributed by atoms with Crippen LogP contribution in [0, 0.1) is 18.2 Å². The lowest BCUT2D eigenvalue weighted by molar-refractivity contribution is 0.0780. The third-order valence-corrected chi connectivity index (χ3v) is 5.61. The van der Waals surface area contributed by atoms with Crippen molar-refractivity contribution in [2.75, 3.05) is 19.6 Å². The standard InChI is InChI=1S/C17H20FN3OS.2ClH/c1-11-14(16(22)21-8-7-17(2,9-19)10-21)23-15(20-11)12-3-5-13(18)6-4-12;;/h3-6H,7-10,19H2,1-2H3;2*1H. The maximum absolute atomic E-state index is 13.0. The highest BCUT2D eigenvalue weighted by molar-refractivity contribution is 7.17. The Morgan fingerprint density at radius 3 is 2.56 bits per heavy atom. The van der Waals surface area contributed by atoms with E-state index < -0.39 is 0 Å². The number of aromatic nitrogens is 1. The molecule has 4 nitrogen and oxygen atoms in total. The van der Waals surface area contributed by atoms with Gasteiger partial charge in [-0.1, -0.05) is 6.92 Å². The lowest BCUT2D eigenvalue weighted by Gasteiger charge is -2.22. The zero-order chi connectivity index (χ0) is 16.6. The number of halogens is 3. The van der Waals surface area contributed by atoms with Crippen LogP contribution in [0.3, 0.4) is 0 Å². The minimum absolute atomic E-state index is 0. The largest absolute Gasteiger partial charge is 0.337 e. The fourth-order valence-corrected chi connectivity index (χ4v) is 3.86. The molecule has 2 heterocycles. The van der Waals surface area contributed by atoms with Crippen molar-refractivity contribution in [1.29, 1.82) is 0 Å². The van der Waals surface area contributed by atoms with Crippen molar-refractivity contribution in [3.05, 3.63) is 40.7 Å². The molecule has 2 N–H and O–H groups in total. The average molecular weight is 406 g/mol. The van der Waals surface area contributed by atoms with Gasteiger partial charge in [0, 0.05) is 18.7 Å². The second-order valence-corrected chi connectivity index (χ2v) is 7.43. The molecule has 1 aromatic carbocycles. The second kappa shape index (κ2) is 8.45. The number of hydrogen-bond donors (Lipinski definition) is 1. The first-order valence-corrected chi connectivity index (χ1v) is 8.46. The van der Waals surface area contributed by atoms with E-state index in [0.29, 0.717) is 18.0 Å². The van der Waals surface area contributed by atoms with E-state index >= 15 is 0 Å². The van der Waals surface area contributed by atoms with Crippen molar-refractivity contribution in [2.24, 2.45) is 11.1 Å². The maximum atomic E-state index is 13.0. The molecule has 2 aromatic rings. The molecule has 25 heavy (non-hydrogen) atoms. The third-order valence-electron chi connectivity index (χ3n) is 4.42. The van der Waals surface area contributed by atoms with Gasteiger partial charge < -0.3 is 10.6 Å². The van der Waals surface area contributed by atoms with Gasteiger partial charge in [-0.15, -0.1) is 36.2 Å². The number of thiazole rings is 1. The molecule has 1 saturated heterocycles. The predicted octanol–water partition coefficient (Wildman–Crippen LogP) is 3.91. The van der Waals surface area contributed by atoms with Crippen LogP contribution in [-0.2, 0) is 0 Å². The fraction of sp³-hybridized carbons (Fsp3) is 0.412. The summed E-state index contributed by atoms with van der Waals surface area (Å²) in [5.41, 5.74) is 7.37. The number of nitrogens with zero attached hydrogens (tertiary/aromatic N) is 2. The molecule has 0 aliphatic carbocycles. The minimum Gasteiger partial charge on any atom is -0.337 e. The van der Waals surface area contributed by atoms with Gasteiger partial charge in [0.1, 0.15) is 15.7 Å². The van der Waals surface area contributed by atoms with Crippen molar-refractivity contribution < 1.29 is 9.18 Å². The highest BCUT2D eigenvalue weighted by Crippen LogP contribution is 2.33. The summed E-state index contributed by atoms with van der Waals surface area (Å²) < 4.78 is 13.0. The molecule has 0 saturated carbocycles. The molecule has 1 atom stereocenters. The number of nitrogens with two attached hydrogens (primary N) is 1. The summed E-state index contributed by atoms with van der Waals surface area (Å²) >= 11 is 1.37. The smallest absolute Gasteiger partial charge is 0.265 e. The third kappa shape index (κ3) is 4.50. The van der Waals surface area contributed by atoms with E-state index in [1.54, 1.807) is 12.1 Å². The van der Waals surface area contributed by atoms with Crippen LogP contribution in [0.15, 0.2) is 24.3 Å². The van der Waals surface area contributed by atoms with E-state index in [1.807, 2.05) is 11.8 Å². The van der Waals surface area contributed by atoms with Crippen LogP contribution in [0.4, 0.5) is 4.39 Å². The molecule has 0 radical (unpaired) electrons. The van der Waals surface area contributed by atoms with E-state index in [2.05, 4.69) is 11.9 Å². The Labute approximate surface area is 163 Å². The Balaban J connectivity index is 0.00000156. The maximum Gasteiger partial charge on any atom is 0.265 e. The lowest BCUT2D eigenvalue weighted by atomic mass is 9.90. The highest BCUT2D eigenvalue weighted by atomic mass is 35.5. The molecule has 1 unspecified atom stereocenters. The number of benzene rings is 1. The van der Waals surface area contributed by atoms with Gasteiger partial charge in [0.05, 0.1) is 5.69 Å².